The van der Waals surface area contributed by atoms with Crippen LogP contribution >= 0.6 is 0 Å². The Kier molecular flexibility index (Phi) is 4.50. The van der Waals surface area contributed by atoms with Gasteiger partial charge >= 0.3 is 0 Å². The Morgan fingerprint density at radius 3 is 2.18 bits per heavy atom. The van der Waals surface area contributed by atoms with E-state index in [9.17, 15) is 0 Å². The first kappa shape index (κ1) is 11.3. The Morgan fingerprint density at radius 1 is 1.27 bits per heavy atom. The molecule has 11 heavy (non-hydrogen) atoms. The molecule has 0 aromatic heterocycles. The Hall–Kier alpha value is 0.324. The summed E-state index contributed by atoms with van der Waals surface area (Å²) in [6.07, 6.45) is 0. The molecule has 1 heteroatoms. The molecule has 0 saturated carbocycles. The summed E-state index contributed by atoms with van der Waals surface area (Å²) in [5, 5.41) is 0. The maximum Gasteiger partial charge on any atom is 0 e. The summed E-state index contributed by atoms with van der Waals surface area (Å²) < 4.78 is 0. The van der Waals surface area contributed by atoms with Gasteiger partial charge in [0.05, 0.1) is 0 Å². The van der Waals surface area contributed by atoms with Gasteiger partial charge in [-0.15, -0.1) is 0 Å². The molecule has 1 rings (SSSR count). The number of hydrogen-bond donors (Lipinski definition) is 0. The third kappa shape index (κ3) is 3.49. The van der Waals surface area contributed by atoms with Gasteiger partial charge in [0.15, 0.2) is 0 Å². The predicted molar refractivity (Wildman–Crippen MR) is 44.0 cm³/mol. The van der Waals surface area contributed by atoms with Crippen LogP contribution in [0.1, 0.15) is 26.3 Å². The summed E-state index contributed by atoms with van der Waals surface area (Å²) in [5.41, 5.74) is 1.60. The maximum absolute atomic E-state index is 3.07. The number of hydrogen-bond acceptors (Lipinski definition) is 0. The minimum atomic E-state index is 0. The molecule has 1 aromatic carbocycles. The SMILES string of the molecule is CC(C)(C)c1c[c-]ccc1.[Y]. The molecule has 0 N–H and O–H groups in total. The van der Waals surface area contributed by atoms with Crippen LogP contribution in [0.2, 0.25) is 0 Å². The largest absolute Gasteiger partial charge is 0.184 e. The van der Waals surface area contributed by atoms with Crippen LogP contribution in [0, 0.1) is 6.07 Å². The van der Waals surface area contributed by atoms with Crippen molar-refractivity contribution in [1.82, 2.24) is 0 Å². The Morgan fingerprint density at radius 2 is 1.91 bits per heavy atom. The fraction of sp³-hybridized carbons (Fsp3) is 0.400. The molecular weight excluding hydrogens is 209 g/mol. The average Bonchev–Trinajstić information content (AvgIpc) is 1.88. The second-order valence-electron chi connectivity index (χ2n) is 3.54. The van der Waals surface area contributed by atoms with Crippen molar-refractivity contribution in [2.24, 2.45) is 0 Å². The van der Waals surface area contributed by atoms with Crippen LogP contribution in [0.3, 0.4) is 0 Å². The van der Waals surface area contributed by atoms with Gasteiger partial charge in [0.25, 0.3) is 0 Å². The molecule has 1 radical (unpaired) electrons. The van der Waals surface area contributed by atoms with Gasteiger partial charge in [-0.3, -0.25) is 0 Å². The molecule has 0 atom stereocenters. The smallest absolute Gasteiger partial charge is 0 e. The van der Waals surface area contributed by atoms with Crippen LogP contribution in [-0.2, 0) is 38.1 Å². The predicted octanol–water partition coefficient (Wildman–Crippen LogP) is 2.78. The van der Waals surface area contributed by atoms with Crippen LogP contribution < -0.4 is 0 Å². The maximum atomic E-state index is 3.07. The Bertz CT molecular complexity index is 196. The molecule has 0 aliphatic heterocycles. The number of benzene rings is 1. The van der Waals surface area contributed by atoms with Crippen molar-refractivity contribution in [3.8, 4) is 0 Å². The summed E-state index contributed by atoms with van der Waals surface area (Å²) >= 11 is 0. The minimum Gasteiger partial charge on any atom is -0.184 e. The van der Waals surface area contributed by atoms with Crippen molar-refractivity contribution < 1.29 is 32.7 Å². The molecule has 0 fully saturated rings. The van der Waals surface area contributed by atoms with Gasteiger partial charge in [0.2, 0.25) is 0 Å². The van der Waals surface area contributed by atoms with Crippen molar-refractivity contribution in [2.75, 3.05) is 0 Å². The van der Waals surface area contributed by atoms with E-state index in [2.05, 4.69) is 32.9 Å². The second-order valence-corrected chi connectivity index (χ2v) is 3.54. The fourth-order valence-corrected chi connectivity index (χ4v) is 0.860. The van der Waals surface area contributed by atoms with Crippen LogP contribution in [0.5, 0.6) is 0 Å². The molecule has 0 saturated heterocycles. The van der Waals surface area contributed by atoms with E-state index in [1.165, 1.54) is 5.56 Å². The molecule has 0 heterocycles. The number of rotatable bonds is 0. The van der Waals surface area contributed by atoms with E-state index in [-0.39, 0.29) is 38.1 Å². The van der Waals surface area contributed by atoms with Crippen molar-refractivity contribution in [1.29, 1.82) is 0 Å². The van der Waals surface area contributed by atoms with Crippen molar-refractivity contribution in [2.45, 2.75) is 26.2 Å². The summed E-state index contributed by atoms with van der Waals surface area (Å²) in [4.78, 5) is 0. The summed E-state index contributed by atoms with van der Waals surface area (Å²) in [7, 11) is 0. The molecule has 0 bridgehead atoms. The van der Waals surface area contributed by atoms with E-state index in [1.807, 2.05) is 18.2 Å². The Balaban J connectivity index is 0.000001000. The molecule has 0 nitrogen and oxygen atoms in total. The van der Waals surface area contributed by atoms with Gasteiger partial charge in [-0.1, -0.05) is 26.2 Å². The van der Waals surface area contributed by atoms with Crippen molar-refractivity contribution in [3.05, 3.63) is 35.9 Å². The van der Waals surface area contributed by atoms with Gasteiger partial charge in [0.1, 0.15) is 0 Å². The molecule has 57 valence electrons. The van der Waals surface area contributed by atoms with E-state index in [0.717, 1.165) is 0 Å². The van der Waals surface area contributed by atoms with E-state index in [1.54, 1.807) is 0 Å². The zero-order valence-corrected chi connectivity index (χ0v) is 10.2. The van der Waals surface area contributed by atoms with Gasteiger partial charge in [-0.2, -0.15) is 35.9 Å². The van der Waals surface area contributed by atoms with Crippen LogP contribution in [0.15, 0.2) is 24.3 Å². The van der Waals surface area contributed by atoms with Crippen LogP contribution in [-0.4, -0.2) is 0 Å². The van der Waals surface area contributed by atoms with E-state index >= 15 is 0 Å². The first-order valence-corrected chi connectivity index (χ1v) is 3.57. The molecule has 1 aromatic rings. The summed E-state index contributed by atoms with van der Waals surface area (Å²) in [6, 6.07) is 11.2. The van der Waals surface area contributed by atoms with E-state index < -0.39 is 0 Å². The second kappa shape index (κ2) is 4.37. The molecular formula is C10H13Y-. The first-order valence-electron chi connectivity index (χ1n) is 3.57. The first-order chi connectivity index (χ1) is 4.61. The minimum absolute atomic E-state index is 0. The van der Waals surface area contributed by atoms with Crippen molar-refractivity contribution >= 4 is 0 Å². The van der Waals surface area contributed by atoms with Crippen molar-refractivity contribution in [3.63, 3.8) is 0 Å². The molecule has 0 spiro atoms. The van der Waals surface area contributed by atoms with Crippen LogP contribution in [0.25, 0.3) is 0 Å². The average molecular weight is 222 g/mol. The zero-order chi connectivity index (χ0) is 7.61. The normalized spacial score (nSPS) is 10.5. The van der Waals surface area contributed by atoms with Gasteiger partial charge in [-0.05, 0) is 0 Å². The topological polar surface area (TPSA) is 0 Å². The third-order valence-electron chi connectivity index (χ3n) is 1.57. The molecule has 0 aliphatic rings. The van der Waals surface area contributed by atoms with E-state index in [0.29, 0.717) is 0 Å². The summed E-state index contributed by atoms with van der Waals surface area (Å²) in [5.74, 6) is 0. The fourth-order valence-electron chi connectivity index (χ4n) is 0.860. The monoisotopic (exact) mass is 222 g/mol. The summed E-state index contributed by atoms with van der Waals surface area (Å²) in [6.45, 7) is 6.61. The quantitative estimate of drug-likeness (QED) is 0.592. The zero-order valence-electron chi connectivity index (χ0n) is 7.39. The van der Waals surface area contributed by atoms with Gasteiger partial charge < -0.3 is 0 Å². The van der Waals surface area contributed by atoms with Crippen LogP contribution in [0.4, 0.5) is 0 Å². The van der Waals surface area contributed by atoms with Gasteiger partial charge in [-0.25, -0.2) is 0 Å². The van der Waals surface area contributed by atoms with E-state index in [4.69, 9.17) is 0 Å². The molecule has 0 amide bonds. The third-order valence-corrected chi connectivity index (χ3v) is 1.57. The Labute approximate surface area is 94.3 Å². The standard InChI is InChI=1S/C10H13.Y/c1-10(2,3)9-7-5-4-6-8-9;/h4-5,7-8H,1-3H3;/q-1;. The molecule has 0 unspecified atom stereocenters. The molecule has 0 aliphatic carbocycles. The van der Waals surface area contributed by atoms with Gasteiger partial charge in [0, 0.05) is 32.7 Å².